The number of benzene rings is 1. The second kappa shape index (κ2) is 4.56. The lowest BCUT2D eigenvalue weighted by molar-refractivity contribution is 0.0594. The first kappa shape index (κ1) is 12.8. The van der Waals surface area contributed by atoms with E-state index in [-0.39, 0.29) is 11.5 Å². The Kier molecular flexibility index (Phi) is 2.79. The summed E-state index contributed by atoms with van der Waals surface area (Å²) in [6.45, 7) is 1.48. The van der Waals surface area contributed by atoms with Crippen molar-refractivity contribution in [1.29, 1.82) is 0 Å². The monoisotopic (exact) mass is 287 g/mol. The van der Waals surface area contributed by atoms with Gasteiger partial charge in [0.2, 0.25) is 0 Å². The number of hydrogen-bond donors (Lipinski definition) is 1. The van der Waals surface area contributed by atoms with Gasteiger partial charge in [-0.25, -0.2) is 4.79 Å². The van der Waals surface area contributed by atoms with E-state index >= 15 is 0 Å². The minimum Gasteiger partial charge on any atom is -0.478 e. The number of carbonyl (C=O) groups is 2. The maximum absolute atomic E-state index is 12.6. The summed E-state index contributed by atoms with van der Waals surface area (Å²) in [4.78, 5) is 25.5. The summed E-state index contributed by atoms with van der Waals surface area (Å²) < 4.78 is 5.91. The topological polar surface area (TPSA) is 66.8 Å². The summed E-state index contributed by atoms with van der Waals surface area (Å²) in [6, 6.07) is 6.28. The predicted octanol–water partition coefficient (Wildman–Crippen LogP) is 1.63. The summed E-state index contributed by atoms with van der Waals surface area (Å²) in [6.07, 6.45) is 2.87. The summed E-state index contributed by atoms with van der Waals surface area (Å²) >= 11 is 0. The van der Waals surface area contributed by atoms with E-state index in [9.17, 15) is 9.59 Å². The van der Waals surface area contributed by atoms with Crippen molar-refractivity contribution in [2.24, 2.45) is 11.8 Å². The molecule has 3 heterocycles. The van der Waals surface area contributed by atoms with Crippen LogP contribution in [-0.4, -0.2) is 47.2 Å². The van der Waals surface area contributed by atoms with E-state index in [1.807, 2.05) is 4.90 Å². The lowest BCUT2D eigenvalue weighted by Gasteiger charge is -2.19. The summed E-state index contributed by atoms with van der Waals surface area (Å²) in [5, 5.41) is 9.02. The van der Waals surface area contributed by atoms with E-state index < -0.39 is 5.97 Å². The number of hydrogen-bond acceptors (Lipinski definition) is 3. The van der Waals surface area contributed by atoms with Crippen LogP contribution >= 0.6 is 0 Å². The number of rotatable bonds is 2. The molecule has 1 N–H and O–H groups in total. The third-order valence-corrected chi connectivity index (χ3v) is 5.10. The third kappa shape index (κ3) is 1.95. The zero-order valence-electron chi connectivity index (χ0n) is 11.6. The van der Waals surface area contributed by atoms with Crippen LogP contribution < -0.4 is 0 Å². The fraction of sp³-hybridized carbons (Fsp3) is 0.500. The Labute approximate surface area is 122 Å². The number of carboxylic acid groups (broad SMARTS) is 1. The first-order valence-corrected chi connectivity index (χ1v) is 7.41. The van der Waals surface area contributed by atoms with Gasteiger partial charge in [-0.05, 0) is 31.0 Å². The van der Waals surface area contributed by atoms with Gasteiger partial charge in [-0.2, -0.15) is 0 Å². The summed E-state index contributed by atoms with van der Waals surface area (Å²) in [5.74, 6) is -0.132. The van der Waals surface area contributed by atoms with Crippen molar-refractivity contribution in [3.8, 4) is 0 Å². The van der Waals surface area contributed by atoms with Gasteiger partial charge in [0, 0.05) is 30.5 Å². The van der Waals surface area contributed by atoms with Crippen LogP contribution in [0.15, 0.2) is 24.3 Å². The fourth-order valence-corrected chi connectivity index (χ4v) is 4.09. The second-order valence-electron chi connectivity index (χ2n) is 6.21. The third-order valence-electron chi connectivity index (χ3n) is 5.10. The molecule has 3 aliphatic heterocycles. The van der Waals surface area contributed by atoms with Crippen LogP contribution in [-0.2, 0) is 4.74 Å². The van der Waals surface area contributed by atoms with Crippen molar-refractivity contribution < 1.29 is 19.4 Å². The number of fused-ring (bicyclic) bond motifs is 5. The molecule has 5 nitrogen and oxygen atoms in total. The highest BCUT2D eigenvalue weighted by Crippen LogP contribution is 2.47. The molecule has 4 rings (SSSR count). The van der Waals surface area contributed by atoms with Crippen LogP contribution in [0.1, 0.15) is 33.6 Å². The van der Waals surface area contributed by atoms with Crippen LogP contribution in [0.3, 0.4) is 0 Å². The molecule has 1 aromatic rings. The molecule has 0 spiro atoms. The molecule has 5 heteroatoms. The molecule has 21 heavy (non-hydrogen) atoms. The predicted molar refractivity (Wildman–Crippen MR) is 74.2 cm³/mol. The molecule has 1 aromatic carbocycles. The number of nitrogens with zero attached hydrogens (tertiary/aromatic N) is 1. The van der Waals surface area contributed by atoms with Crippen LogP contribution in [0.2, 0.25) is 0 Å². The molecule has 4 unspecified atom stereocenters. The van der Waals surface area contributed by atoms with E-state index in [4.69, 9.17) is 9.84 Å². The quantitative estimate of drug-likeness (QED) is 0.898. The van der Waals surface area contributed by atoms with E-state index in [1.54, 1.807) is 12.1 Å². The van der Waals surface area contributed by atoms with Gasteiger partial charge in [-0.1, -0.05) is 6.07 Å². The zero-order chi connectivity index (χ0) is 14.6. The van der Waals surface area contributed by atoms with Crippen molar-refractivity contribution in [3.63, 3.8) is 0 Å². The maximum atomic E-state index is 12.6. The van der Waals surface area contributed by atoms with Gasteiger partial charge in [0.25, 0.3) is 5.91 Å². The standard InChI is InChI=1S/C16H17NO4/c18-15(9-2-1-3-10(6-9)16(19)20)17-7-11-12(8-17)14-5-4-13(11)21-14/h1-3,6,11-14H,4-5,7-8H2,(H,19,20). The molecule has 2 bridgehead atoms. The van der Waals surface area contributed by atoms with E-state index in [2.05, 4.69) is 0 Å². The van der Waals surface area contributed by atoms with Crippen molar-refractivity contribution in [3.05, 3.63) is 35.4 Å². The lowest BCUT2D eigenvalue weighted by atomic mass is 9.82. The Morgan fingerprint density at radius 2 is 1.71 bits per heavy atom. The SMILES string of the molecule is O=C(O)c1cccc(C(=O)N2CC3C4CCC(O4)C3C2)c1. The molecule has 0 saturated carbocycles. The van der Waals surface area contributed by atoms with Gasteiger partial charge >= 0.3 is 5.97 Å². The van der Waals surface area contributed by atoms with Crippen LogP contribution in [0.4, 0.5) is 0 Å². The maximum Gasteiger partial charge on any atom is 0.335 e. The van der Waals surface area contributed by atoms with Crippen molar-refractivity contribution in [1.82, 2.24) is 4.90 Å². The molecular weight excluding hydrogens is 270 g/mol. The average Bonchev–Trinajstić information content (AvgIpc) is 3.18. The Bertz CT molecular complexity index is 596. The van der Waals surface area contributed by atoms with E-state index in [0.29, 0.717) is 29.6 Å². The Balaban J connectivity index is 1.54. The summed E-state index contributed by atoms with van der Waals surface area (Å²) in [5.41, 5.74) is 0.617. The number of amides is 1. The number of likely N-dealkylation sites (tertiary alicyclic amines) is 1. The van der Waals surface area contributed by atoms with Gasteiger partial charge < -0.3 is 14.7 Å². The second-order valence-corrected chi connectivity index (χ2v) is 6.21. The van der Waals surface area contributed by atoms with Crippen molar-refractivity contribution >= 4 is 11.9 Å². The molecule has 1 amide bonds. The van der Waals surface area contributed by atoms with Crippen LogP contribution in [0.25, 0.3) is 0 Å². The Morgan fingerprint density at radius 1 is 1.10 bits per heavy atom. The number of aromatic carboxylic acids is 1. The zero-order valence-corrected chi connectivity index (χ0v) is 11.6. The number of ether oxygens (including phenoxy) is 1. The highest BCUT2D eigenvalue weighted by molar-refractivity contribution is 5.97. The highest BCUT2D eigenvalue weighted by Gasteiger charge is 2.53. The molecule has 110 valence electrons. The molecule has 4 atom stereocenters. The van der Waals surface area contributed by atoms with Gasteiger partial charge in [0.15, 0.2) is 0 Å². The smallest absolute Gasteiger partial charge is 0.335 e. The number of carboxylic acids is 1. The largest absolute Gasteiger partial charge is 0.478 e. The van der Waals surface area contributed by atoms with Gasteiger partial charge in [0.05, 0.1) is 17.8 Å². The summed E-state index contributed by atoms with van der Waals surface area (Å²) in [7, 11) is 0. The minimum absolute atomic E-state index is 0.0631. The molecule has 3 saturated heterocycles. The lowest BCUT2D eigenvalue weighted by Crippen LogP contribution is -2.31. The molecule has 0 aliphatic carbocycles. The van der Waals surface area contributed by atoms with Gasteiger partial charge in [-0.15, -0.1) is 0 Å². The molecular formula is C16H17NO4. The van der Waals surface area contributed by atoms with Gasteiger partial charge in [-0.3, -0.25) is 4.79 Å². The fourth-order valence-electron chi connectivity index (χ4n) is 4.09. The molecule has 0 aromatic heterocycles. The molecule has 0 radical (unpaired) electrons. The van der Waals surface area contributed by atoms with Crippen LogP contribution in [0, 0.1) is 11.8 Å². The molecule has 3 aliphatic rings. The normalized spacial score (nSPS) is 33.2. The minimum atomic E-state index is -1.01. The van der Waals surface area contributed by atoms with Crippen LogP contribution in [0.5, 0.6) is 0 Å². The van der Waals surface area contributed by atoms with E-state index in [0.717, 1.165) is 25.9 Å². The Hall–Kier alpha value is -1.88. The number of carbonyl (C=O) groups excluding carboxylic acids is 1. The van der Waals surface area contributed by atoms with Crippen molar-refractivity contribution in [2.45, 2.75) is 25.0 Å². The Morgan fingerprint density at radius 3 is 2.33 bits per heavy atom. The first-order chi connectivity index (χ1) is 10.1. The van der Waals surface area contributed by atoms with Gasteiger partial charge in [0.1, 0.15) is 0 Å². The van der Waals surface area contributed by atoms with Crippen molar-refractivity contribution in [2.75, 3.05) is 13.1 Å². The molecule has 3 fully saturated rings. The van der Waals surface area contributed by atoms with E-state index in [1.165, 1.54) is 12.1 Å². The highest BCUT2D eigenvalue weighted by atomic mass is 16.5. The average molecular weight is 287 g/mol. The first-order valence-electron chi connectivity index (χ1n) is 7.41.